The van der Waals surface area contributed by atoms with Crippen LogP contribution in [-0.2, 0) is 12.0 Å². The van der Waals surface area contributed by atoms with Gasteiger partial charge in [-0.15, -0.1) is 0 Å². The molecular formula is C23H32F2N3+. The molecule has 0 saturated heterocycles. The summed E-state index contributed by atoms with van der Waals surface area (Å²) >= 11 is 0. The summed E-state index contributed by atoms with van der Waals surface area (Å²) in [6.45, 7) is 8.15. The largest absolute Gasteiger partial charge is 0.374 e. The molecule has 0 spiro atoms. The average molecular weight is 389 g/mol. The van der Waals surface area contributed by atoms with Gasteiger partial charge in [0.25, 0.3) is 0 Å². The highest BCUT2D eigenvalue weighted by atomic mass is 19.1. The number of hydrogen-bond donors (Lipinski definition) is 0. The lowest BCUT2D eigenvalue weighted by atomic mass is 9.72. The zero-order valence-electron chi connectivity index (χ0n) is 17.6. The molecule has 0 aliphatic carbocycles. The van der Waals surface area contributed by atoms with E-state index in [2.05, 4.69) is 48.3 Å². The van der Waals surface area contributed by atoms with Crippen LogP contribution in [0.15, 0.2) is 24.4 Å². The zero-order chi connectivity index (χ0) is 20.3. The molecule has 0 saturated carbocycles. The molecule has 0 unspecified atom stereocenters. The van der Waals surface area contributed by atoms with Crippen molar-refractivity contribution < 1.29 is 13.3 Å². The van der Waals surface area contributed by atoms with E-state index in [9.17, 15) is 4.39 Å². The van der Waals surface area contributed by atoms with Gasteiger partial charge >= 0.3 is 0 Å². The van der Waals surface area contributed by atoms with Gasteiger partial charge in [-0.3, -0.25) is 0 Å². The van der Waals surface area contributed by atoms with Gasteiger partial charge in [-0.1, -0.05) is 33.6 Å². The third-order valence-electron chi connectivity index (χ3n) is 6.51. The lowest BCUT2D eigenvalue weighted by molar-refractivity contribution is -0.686. The Bertz CT molecular complexity index is 831. The number of unbranched alkanes of at least 4 members (excludes halogenated alkanes) is 2. The molecule has 0 atom stereocenters. The molecule has 3 nitrogen and oxygen atoms in total. The van der Waals surface area contributed by atoms with Gasteiger partial charge in [0.1, 0.15) is 12.1 Å². The van der Waals surface area contributed by atoms with Gasteiger partial charge in [0.15, 0.2) is 6.20 Å². The molecule has 2 aromatic rings. The minimum Gasteiger partial charge on any atom is -0.374 e. The summed E-state index contributed by atoms with van der Waals surface area (Å²) in [4.78, 5) is 5.75. The molecule has 1 aliphatic rings. The van der Waals surface area contributed by atoms with Gasteiger partial charge < -0.3 is 4.90 Å². The minimum atomic E-state index is -0.733. The van der Waals surface area contributed by atoms with Crippen molar-refractivity contribution in [2.24, 2.45) is 0 Å². The van der Waals surface area contributed by atoms with Crippen molar-refractivity contribution in [3.63, 3.8) is 0 Å². The van der Waals surface area contributed by atoms with Crippen LogP contribution in [0.2, 0.25) is 0 Å². The van der Waals surface area contributed by atoms with Gasteiger partial charge in [0, 0.05) is 43.2 Å². The van der Waals surface area contributed by atoms with Crippen molar-refractivity contribution in [1.82, 2.24) is 4.98 Å². The summed E-state index contributed by atoms with van der Waals surface area (Å²) in [7, 11) is 2.07. The standard InChI is InChI=1S/C23H32F2N3/c1-5-8-9-12-27(4)17-10-13-28-14-11-23(6-2,7-3)18-16-20(24)26-22(25)21(18)19(28)15-17/h10,13,15-16H,5-9,11-12,14H2,1-4H3/q+1. The number of fused-ring (bicyclic) bond motifs is 3. The summed E-state index contributed by atoms with van der Waals surface area (Å²) < 4.78 is 31.2. The minimum absolute atomic E-state index is 0.237. The predicted molar refractivity (Wildman–Crippen MR) is 109 cm³/mol. The molecule has 0 bridgehead atoms. The van der Waals surface area contributed by atoms with Crippen LogP contribution in [0.25, 0.3) is 11.3 Å². The normalized spacial score (nSPS) is 14.9. The van der Waals surface area contributed by atoms with E-state index in [1.54, 1.807) is 0 Å². The fraction of sp³-hybridized carbons (Fsp3) is 0.565. The molecule has 0 aromatic carbocycles. The second-order valence-corrected chi connectivity index (χ2v) is 7.99. The van der Waals surface area contributed by atoms with E-state index in [-0.39, 0.29) is 5.41 Å². The number of nitrogens with zero attached hydrogens (tertiary/aromatic N) is 3. The van der Waals surface area contributed by atoms with E-state index in [1.165, 1.54) is 18.9 Å². The third-order valence-corrected chi connectivity index (χ3v) is 6.51. The zero-order valence-corrected chi connectivity index (χ0v) is 17.6. The van der Waals surface area contributed by atoms with Crippen molar-refractivity contribution in [1.29, 1.82) is 0 Å². The molecule has 3 heterocycles. The Labute approximate surface area is 167 Å². The van der Waals surface area contributed by atoms with Crippen molar-refractivity contribution in [2.75, 3.05) is 18.5 Å². The van der Waals surface area contributed by atoms with Crippen molar-refractivity contribution in [2.45, 2.75) is 71.3 Å². The van der Waals surface area contributed by atoms with Crippen LogP contribution < -0.4 is 9.47 Å². The van der Waals surface area contributed by atoms with Crippen LogP contribution in [0.3, 0.4) is 0 Å². The van der Waals surface area contributed by atoms with Crippen LogP contribution >= 0.6 is 0 Å². The van der Waals surface area contributed by atoms with E-state index in [4.69, 9.17) is 0 Å². The molecule has 28 heavy (non-hydrogen) atoms. The Hall–Kier alpha value is -2.04. The SMILES string of the molecule is CCCCCN(C)c1cc[n+]2c(c1)-c1c(cc(F)nc1F)C(CC)(CC)CC2. The van der Waals surface area contributed by atoms with E-state index in [1.807, 2.05) is 12.3 Å². The van der Waals surface area contributed by atoms with Gasteiger partial charge in [0.05, 0.1) is 0 Å². The van der Waals surface area contributed by atoms with E-state index < -0.39 is 11.9 Å². The Morgan fingerprint density at radius 1 is 1.14 bits per heavy atom. The molecule has 152 valence electrons. The first kappa shape index (κ1) is 20.7. The number of anilines is 1. The molecule has 3 rings (SSSR count). The summed E-state index contributed by atoms with van der Waals surface area (Å²) in [6, 6.07) is 5.59. The van der Waals surface area contributed by atoms with Crippen LogP contribution in [0.4, 0.5) is 14.5 Å². The molecule has 2 aromatic heterocycles. The number of aryl methyl sites for hydroxylation is 1. The first-order valence-corrected chi connectivity index (χ1v) is 10.6. The maximum Gasteiger partial charge on any atom is 0.229 e. The second kappa shape index (κ2) is 8.54. The molecule has 0 radical (unpaired) electrons. The predicted octanol–water partition coefficient (Wildman–Crippen LogP) is 5.40. The van der Waals surface area contributed by atoms with Crippen LogP contribution in [-0.4, -0.2) is 18.6 Å². The van der Waals surface area contributed by atoms with Crippen molar-refractivity contribution >= 4 is 5.69 Å². The Morgan fingerprint density at radius 2 is 1.89 bits per heavy atom. The van der Waals surface area contributed by atoms with Gasteiger partial charge in [-0.2, -0.15) is 18.3 Å². The van der Waals surface area contributed by atoms with Crippen molar-refractivity contribution in [3.05, 3.63) is 41.9 Å². The summed E-state index contributed by atoms with van der Waals surface area (Å²) in [5, 5.41) is 0. The van der Waals surface area contributed by atoms with Gasteiger partial charge in [-0.05, 0) is 30.9 Å². The molecule has 1 aliphatic heterocycles. The second-order valence-electron chi connectivity index (χ2n) is 7.99. The molecular weight excluding hydrogens is 356 g/mol. The molecule has 0 N–H and O–H groups in total. The fourth-order valence-electron chi connectivity index (χ4n) is 4.49. The van der Waals surface area contributed by atoms with Gasteiger partial charge in [-0.25, -0.2) is 0 Å². The number of hydrogen-bond acceptors (Lipinski definition) is 2. The third kappa shape index (κ3) is 3.76. The molecule has 0 fully saturated rings. The highest BCUT2D eigenvalue weighted by molar-refractivity contribution is 5.67. The lowest BCUT2D eigenvalue weighted by Crippen LogP contribution is -2.37. The maximum absolute atomic E-state index is 15.0. The van der Waals surface area contributed by atoms with Crippen molar-refractivity contribution in [3.8, 4) is 11.3 Å². The highest BCUT2D eigenvalue weighted by Crippen LogP contribution is 2.43. The highest BCUT2D eigenvalue weighted by Gasteiger charge is 2.39. The van der Waals surface area contributed by atoms with E-state index >= 15 is 4.39 Å². The fourth-order valence-corrected chi connectivity index (χ4v) is 4.49. The first-order valence-electron chi connectivity index (χ1n) is 10.6. The monoisotopic (exact) mass is 388 g/mol. The number of rotatable bonds is 7. The van der Waals surface area contributed by atoms with E-state index in [0.717, 1.165) is 55.7 Å². The van der Waals surface area contributed by atoms with Crippen LogP contribution in [0.1, 0.15) is 64.9 Å². The Kier molecular flexibility index (Phi) is 6.31. The summed E-state index contributed by atoms with van der Waals surface area (Å²) in [5.74, 6) is -1.44. The lowest BCUT2D eigenvalue weighted by Gasteiger charge is -2.30. The summed E-state index contributed by atoms with van der Waals surface area (Å²) in [6.07, 6.45) is 8.09. The average Bonchev–Trinajstić information content (AvgIpc) is 2.82. The number of pyridine rings is 2. The van der Waals surface area contributed by atoms with Crippen LogP contribution in [0, 0.1) is 11.9 Å². The quantitative estimate of drug-likeness (QED) is 0.359. The molecule has 5 heteroatoms. The smallest absolute Gasteiger partial charge is 0.229 e. The summed E-state index contributed by atoms with van der Waals surface area (Å²) in [5.41, 5.74) is 2.84. The number of halogens is 2. The first-order chi connectivity index (χ1) is 13.5. The topological polar surface area (TPSA) is 20.0 Å². The van der Waals surface area contributed by atoms with E-state index in [0.29, 0.717) is 5.56 Å². The maximum atomic E-state index is 15.0. The number of aromatic nitrogens is 2. The van der Waals surface area contributed by atoms with Crippen LogP contribution in [0.5, 0.6) is 0 Å². The Balaban J connectivity index is 2.13. The Morgan fingerprint density at radius 3 is 2.57 bits per heavy atom. The van der Waals surface area contributed by atoms with Gasteiger partial charge in [0.2, 0.25) is 17.6 Å². The molecule has 0 amide bonds.